The Morgan fingerprint density at radius 1 is 0.296 bits per heavy atom. The van der Waals surface area contributed by atoms with Gasteiger partial charge in [-0.25, -0.2) is 0 Å². The van der Waals surface area contributed by atoms with Crippen molar-refractivity contribution in [2.24, 2.45) is 0 Å². The van der Waals surface area contributed by atoms with Gasteiger partial charge in [0.25, 0.3) is 15.6 Å². The third kappa shape index (κ3) is 76.7. The fraction of sp³-hybridized carbons (Fsp3) is 0.896. The van der Waals surface area contributed by atoms with Gasteiger partial charge in [-0.05, 0) is 77.0 Å². The van der Waals surface area contributed by atoms with Crippen molar-refractivity contribution < 1.29 is 139 Å². The van der Waals surface area contributed by atoms with Crippen LogP contribution in [0.25, 0.3) is 0 Å². The zero-order valence-electron chi connectivity index (χ0n) is 63.8. The van der Waals surface area contributed by atoms with E-state index in [0.717, 1.165) is 116 Å². The number of ether oxygens (including phenoxy) is 4. The molecule has 0 spiro atoms. The van der Waals surface area contributed by atoms with Gasteiger partial charge < -0.3 is 51.9 Å². The minimum absolute atomic E-state index is 0. The molecule has 0 aliphatic heterocycles. The molecule has 0 saturated carbocycles. The molecule has 17 nitrogen and oxygen atoms in total. The van der Waals surface area contributed by atoms with Gasteiger partial charge in [-0.3, -0.25) is 28.3 Å². The first kappa shape index (κ1) is 102. The van der Waals surface area contributed by atoms with Crippen LogP contribution >= 0.6 is 15.6 Å². The molecule has 0 amide bonds. The topological polar surface area (TPSA) is 243 Å². The second-order valence-corrected chi connectivity index (χ2v) is 29.8. The third-order valence-corrected chi connectivity index (χ3v) is 19.3. The van der Waals surface area contributed by atoms with Gasteiger partial charge in [0.05, 0.1) is 26.4 Å². The maximum Gasteiger partial charge on any atom is 1.00 e. The van der Waals surface area contributed by atoms with E-state index in [1.807, 2.05) is 0 Å². The smallest absolute Gasteiger partial charge is 0.756 e. The zero-order chi connectivity index (χ0) is 70.4. The van der Waals surface area contributed by atoms with Crippen molar-refractivity contribution in [3.05, 3.63) is 24.3 Å². The van der Waals surface area contributed by atoms with Crippen LogP contribution in [-0.2, 0) is 65.4 Å². The molecule has 0 aromatic carbocycles. The summed E-state index contributed by atoms with van der Waals surface area (Å²) in [4.78, 5) is 77.5. The number of hydrogen-bond donors (Lipinski definition) is 1. The van der Waals surface area contributed by atoms with Crippen LogP contribution in [0.1, 0.15) is 387 Å². The van der Waals surface area contributed by atoms with E-state index in [9.17, 15) is 43.2 Å². The molecule has 566 valence electrons. The summed E-state index contributed by atoms with van der Waals surface area (Å²) in [6.07, 6.45) is 63.7. The number of rotatable bonds is 76. The fourth-order valence-corrected chi connectivity index (χ4v) is 12.9. The number of hydrogen-bond acceptors (Lipinski definition) is 17. The van der Waals surface area contributed by atoms with Gasteiger partial charge in [0.2, 0.25) is 0 Å². The predicted molar refractivity (Wildman–Crippen MR) is 386 cm³/mol. The normalized spacial score (nSPS) is 13.7. The van der Waals surface area contributed by atoms with Gasteiger partial charge in [0.1, 0.15) is 19.3 Å². The van der Waals surface area contributed by atoms with Gasteiger partial charge in [-0.2, -0.15) is 0 Å². The Hall–Kier alpha value is -0.460. The fourth-order valence-electron chi connectivity index (χ4n) is 11.3. The van der Waals surface area contributed by atoms with E-state index in [1.165, 1.54) is 193 Å². The Balaban J connectivity index is -0.0000451. The summed E-state index contributed by atoms with van der Waals surface area (Å²) in [7, 11) is -10.5. The number of aliphatic hydroxyl groups is 1. The van der Waals surface area contributed by atoms with Crippen molar-refractivity contribution in [1.29, 1.82) is 0 Å². The standard InChI is InChI=1S/C77H146O17P2.2Na/c1-5-9-13-17-21-25-29-33-35-39-43-47-51-55-59-63-76(81)93-72(67-87-74(79)61-57-53-49-45-41-37-31-27-23-19-15-11-7-3)69-91-95(83,84)89-65-71(78)66-90-96(85,86)92-70-73(68-88-75(80)62-58-54-50-46-42-38-32-28-24-20-16-12-8-4)94-77(82)64-60-56-52-48-44-40-36-34-30-26-22-18-14-10-6-2;;/h33-36,71-73,78H,5-32,37-70H2,1-4H3,(H,83,84)(H,85,86);;/q;2*+1/p-2/b35-33-,36-34-;;/t72-,73-;;/m1../s1. The number of aliphatic hydroxyl groups excluding tert-OH is 1. The van der Waals surface area contributed by atoms with Crippen molar-refractivity contribution in [3.63, 3.8) is 0 Å². The molecule has 98 heavy (non-hydrogen) atoms. The van der Waals surface area contributed by atoms with E-state index in [2.05, 4.69) is 52.0 Å². The maximum atomic E-state index is 13.0. The molecular weight excluding hydrogens is 1300 g/mol. The maximum absolute atomic E-state index is 13.0. The summed E-state index contributed by atoms with van der Waals surface area (Å²) in [6.45, 7) is 4.53. The van der Waals surface area contributed by atoms with E-state index in [4.69, 9.17) is 37.0 Å². The summed E-state index contributed by atoms with van der Waals surface area (Å²) in [5.41, 5.74) is 0. The summed E-state index contributed by atoms with van der Waals surface area (Å²) >= 11 is 0. The summed E-state index contributed by atoms with van der Waals surface area (Å²) in [5, 5.41) is 10.6. The molecule has 0 aliphatic rings. The van der Waals surface area contributed by atoms with Crippen LogP contribution in [0, 0.1) is 0 Å². The van der Waals surface area contributed by atoms with Crippen LogP contribution in [-0.4, -0.2) is 86.9 Å². The van der Waals surface area contributed by atoms with Crippen LogP contribution in [0.4, 0.5) is 0 Å². The number of phosphoric ester groups is 2. The molecule has 0 fully saturated rings. The van der Waals surface area contributed by atoms with Crippen LogP contribution < -0.4 is 68.9 Å². The molecule has 0 aromatic heterocycles. The molecule has 1 N–H and O–H groups in total. The average Bonchev–Trinajstić information content (AvgIpc) is 0.976. The second kappa shape index (κ2) is 77.6. The summed E-state index contributed by atoms with van der Waals surface area (Å²) in [5.74, 6) is -2.24. The molecule has 2 unspecified atom stereocenters. The minimum Gasteiger partial charge on any atom is -0.756 e. The molecule has 0 radical (unpaired) electrons. The number of allylic oxidation sites excluding steroid dienone is 4. The van der Waals surface area contributed by atoms with E-state index >= 15 is 0 Å². The van der Waals surface area contributed by atoms with Crippen LogP contribution in [0.3, 0.4) is 0 Å². The molecule has 0 saturated heterocycles. The molecule has 0 bridgehead atoms. The first-order chi connectivity index (χ1) is 46.7. The quantitative estimate of drug-likeness (QED) is 0.0149. The van der Waals surface area contributed by atoms with Crippen LogP contribution in [0.2, 0.25) is 0 Å². The van der Waals surface area contributed by atoms with Crippen molar-refractivity contribution in [1.82, 2.24) is 0 Å². The van der Waals surface area contributed by atoms with Crippen molar-refractivity contribution in [3.8, 4) is 0 Å². The first-order valence-electron chi connectivity index (χ1n) is 39.5. The SMILES string of the molecule is CCCCCCCC/C=C\CCCCCCCC(=O)O[C@H](COC(=O)CCCCCCCCCCCCCCC)COP(=O)([O-])OCC(O)COP(=O)([O-])OC[C@@H](COC(=O)CCCCCCCCCCCCCCC)OC(=O)CCCCCCC/C=C\CCCCCCCC.[Na+].[Na+]. The molecule has 0 rings (SSSR count). The molecular formula is C77H144Na2O17P2. The Kier molecular flexibility index (Phi) is 80.6. The van der Waals surface area contributed by atoms with Gasteiger partial charge in [0.15, 0.2) is 12.2 Å². The van der Waals surface area contributed by atoms with E-state index in [1.54, 1.807) is 0 Å². The van der Waals surface area contributed by atoms with E-state index in [-0.39, 0.29) is 84.8 Å². The summed E-state index contributed by atoms with van der Waals surface area (Å²) in [6, 6.07) is 0. The van der Waals surface area contributed by atoms with Gasteiger partial charge in [-0.15, -0.1) is 0 Å². The summed E-state index contributed by atoms with van der Waals surface area (Å²) < 4.78 is 67.7. The van der Waals surface area contributed by atoms with Crippen molar-refractivity contribution in [2.45, 2.75) is 406 Å². The van der Waals surface area contributed by atoms with Gasteiger partial charge >= 0.3 is 83.0 Å². The molecule has 0 heterocycles. The monoisotopic (exact) mass is 1450 g/mol. The predicted octanol–water partition coefficient (Wildman–Crippen LogP) is 15.3. The Labute approximate surface area is 643 Å². The number of carbonyl (C=O) groups is 4. The van der Waals surface area contributed by atoms with Crippen molar-refractivity contribution in [2.75, 3.05) is 39.6 Å². The molecule has 0 aliphatic carbocycles. The minimum atomic E-state index is -5.23. The molecule has 0 aromatic rings. The Bertz CT molecular complexity index is 1800. The third-order valence-electron chi connectivity index (χ3n) is 17.4. The van der Waals surface area contributed by atoms with Gasteiger partial charge in [-0.1, -0.05) is 309 Å². The van der Waals surface area contributed by atoms with Crippen LogP contribution in [0.15, 0.2) is 24.3 Å². The Morgan fingerprint density at radius 3 is 0.724 bits per heavy atom. The number of esters is 4. The average molecular weight is 1450 g/mol. The molecule has 4 atom stereocenters. The Morgan fingerprint density at radius 2 is 0.490 bits per heavy atom. The zero-order valence-corrected chi connectivity index (χ0v) is 69.5. The van der Waals surface area contributed by atoms with Gasteiger partial charge in [0, 0.05) is 25.7 Å². The van der Waals surface area contributed by atoms with E-state index in [0.29, 0.717) is 25.7 Å². The number of unbranched alkanes of at least 4 members (excludes halogenated alkanes) is 46. The number of phosphoric acid groups is 2. The first-order valence-corrected chi connectivity index (χ1v) is 42.5. The van der Waals surface area contributed by atoms with Crippen molar-refractivity contribution >= 4 is 39.5 Å². The molecule has 21 heteroatoms. The number of carbonyl (C=O) groups excluding carboxylic acids is 4. The second-order valence-electron chi connectivity index (χ2n) is 27.0. The van der Waals surface area contributed by atoms with E-state index < -0.39 is 97.5 Å². The van der Waals surface area contributed by atoms with Crippen LogP contribution in [0.5, 0.6) is 0 Å². The largest absolute Gasteiger partial charge is 1.00 e.